The van der Waals surface area contributed by atoms with Crippen LogP contribution in [0.2, 0.25) is 0 Å². The maximum absolute atomic E-state index is 13.0. The molecule has 1 aliphatic rings. The zero-order valence-electron chi connectivity index (χ0n) is 16.1. The molecular formula is C18H28N6O. The van der Waals surface area contributed by atoms with Crippen LogP contribution < -0.4 is 0 Å². The van der Waals surface area contributed by atoms with Gasteiger partial charge in [0.25, 0.3) is 5.91 Å². The first kappa shape index (κ1) is 17.6. The van der Waals surface area contributed by atoms with Crippen molar-refractivity contribution >= 4 is 5.91 Å². The first-order valence-electron chi connectivity index (χ1n) is 8.90. The van der Waals surface area contributed by atoms with Gasteiger partial charge in [-0.15, -0.1) is 0 Å². The van der Waals surface area contributed by atoms with Crippen LogP contribution in [0.3, 0.4) is 0 Å². The van der Waals surface area contributed by atoms with Gasteiger partial charge < -0.3 is 4.90 Å². The van der Waals surface area contributed by atoms with Gasteiger partial charge in [0.05, 0.1) is 11.7 Å². The molecule has 1 fully saturated rings. The van der Waals surface area contributed by atoms with Crippen LogP contribution in [-0.2, 0) is 12.5 Å². The van der Waals surface area contributed by atoms with Gasteiger partial charge in [0.1, 0.15) is 17.3 Å². The lowest BCUT2D eigenvalue weighted by molar-refractivity contribution is 0.0660. The summed E-state index contributed by atoms with van der Waals surface area (Å²) in [6, 6.07) is 2.12. The fraction of sp³-hybridized carbons (Fsp3) is 0.667. The molecule has 2 aromatic rings. The van der Waals surface area contributed by atoms with Crippen LogP contribution in [0.5, 0.6) is 0 Å². The van der Waals surface area contributed by atoms with Gasteiger partial charge in [-0.25, -0.2) is 9.67 Å². The molecule has 0 N–H and O–H groups in total. The van der Waals surface area contributed by atoms with Crippen LogP contribution in [0, 0.1) is 13.8 Å². The van der Waals surface area contributed by atoms with E-state index in [-0.39, 0.29) is 17.4 Å². The summed E-state index contributed by atoms with van der Waals surface area (Å²) in [5.41, 5.74) is 1.52. The van der Waals surface area contributed by atoms with E-state index in [1.54, 1.807) is 4.68 Å². The van der Waals surface area contributed by atoms with E-state index < -0.39 is 0 Å². The number of aryl methyl sites for hydroxylation is 3. The Morgan fingerprint density at radius 3 is 2.52 bits per heavy atom. The van der Waals surface area contributed by atoms with Crippen LogP contribution in [0.4, 0.5) is 0 Å². The molecule has 0 bridgehead atoms. The van der Waals surface area contributed by atoms with E-state index in [1.807, 2.05) is 36.5 Å². The van der Waals surface area contributed by atoms with Crippen molar-refractivity contribution in [3.63, 3.8) is 0 Å². The van der Waals surface area contributed by atoms with E-state index in [0.717, 1.165) is 36.7 Å². The summed E-state index contributed by atoms with van der Waals surface area (Å²) in [6.45, 7) is 11.6. The van der Waals surface area contributed by atoms with Crippen molar-refractivity contribution in [2.75, 3.05) is 13.1 Å². The SMILES string of the molecule is Cc1nc(C)n([C@H]2CCCN(C(=O)c3cc(C(C)(C)C)nn3C)C2)n1. The average Bonchev–Trinajstić information content (AvgIpc) is 3.09. The molecule has 1 saturated heterocycles. The molecule has 7 nitrogen and oxygen atoms in total. The van der Waals surface area contributed by atoms with Crippen LogP contribution in [0.1, 0.15) is 67.5 Å². The summed E-state index contributed by atoms with van der Waals surface area (Å²) in [6.07, 6.45) is 1.99. The van der Waals surface area contributed by atoms with E-state index in [9.17, 15) is 4.79 Å². The van der Waals surface area contributed by atoms with E-state index in [4.69, 9.17) is 0 Å². The van der Waals surface area contributed by atoms with E-state index in [2.05, 4.69) is 36.0 Å². The van der Waals surface area contributed by atoms with Crippen molar-refractivity contribution in [1.29, 1.82) is 0 Å². The molecule has 3 rings (SSSR count). The van der Waals surface area contributed by atoms with Crippen molar-refractivity contribution < 1.29 is 4.79 Å². The number of hydrogen-bond donors (Lipinski definition) is 0. The third kappa shape index (κ3) is 3.45. The first-order chi connectivity index (χ1) is 11.7. The zero-order chi connectivity index (χ0) is 18.4. The quantitative estimate of drug-likeness (QED) is 0.839. The van der Waals surface area contributed by atoms with Gasteiger partial charge in [-0.3, -0.25) is 9.48 Å². The highest BCUT2D eigenvalue weighted by molar-refractivity contribution is 5.92. The van der Waals surface area contributed by atoms with Crippen molar-refractivity contribution in [1.82, 2.24) is 29.4 Å². The summed E-state index contributed by atoms with van der Waals surface area (Å²) < 4.78 is 3.68. The lowest BCUT2D eigenvalue weighted by atomic mass is 9.92. The number of rotatable bonds is 2. The standard InChI is InChI=1S/C18H28N6O/c1-12-19-13(2)24(20-12)14-8-7-9-23(11-14)17(25)15-10-16(18(3,4)5)21-22(15)6/h10,14H,7-9,11H2,1-6H3/t14-/m0/s1. The number of carbonyl (C=O) groups excluding carboxylic acids is 1. The number of likely N-dealkylation sites (tertiary alicyclic amines) is 1. The van der Waals surface area contributed by atoms with Crippen LogP contribution in [0.25, 0.3) is 0 Å². The molecule has 0 spiro atoms. The molecule has 0 unspecified atom stereocenters. The van der Waals surface area contributed by atoms with Crippen LogP contribution in [-0.4, -0.2) is 48.4 Å². The molecule has 3 heterocycles. The number of nitrogens with zero attached hydrogens (tertiary/aromatic N) is 6. The third-order valence-corrected chi connectivity index (χ3v) is 4.80. The summed E-state index contributed by atoms with van der Waals surface area (Å²) in [7, 11) is 1.84. The molecule has 2 aromatic heterocycles. The van der Waals surface area contributed by atoms with Gasteiger partial charge >= 0.3 is 0 Å². The Labute approximate surface area is 149 Å². The van der Waals surface area contributed by atoms with Gasteiger partial charge in [-0.05, 0) is 32.8 Å². The summed E-state index contributed by atoms with van der Waals surface area (Å²) in [4.78, 5) is 19.4. The summed E-state index contributed by atoms with van der Waals surface area (Å²) in [5, 5.41) is 9.04. The van der Waals surface area contributed by atoms with E-state index in [0.29, 0.717) is 12.2 Å². The fourth-order valence-electron chi connectivity index (χ4n) is 3.42. The van der Waals surface area contributed by atoms with Gasteiger partial charge in [0.15, 0.2) is 0 Å². The molecule has 136 valence electrons. The minimum Gasteiger partial charge on any atom is -0.335 e. The highest BCUT2D eigenvalue weighted by atomic mass is 16.2. The monoisotopic (exact) mass is 344 g/mol. The number of hydrogen-bond acceptors (Lipinski definition) is 4. The molecular weight excluding hydrogens is 316 g/mol. The lowest BCUT2D eigenvalue weighted by Crippen LogP contribution is -2.41. The van der Waals surface area contributed by atoms with Gasteiger partial charge in [-0.1, -0.05) is 20.8 Å². The van der Waals surface area contributed by atoms with Crippen LogP contribution in [0.15, 0.2) is 6.07 Å². The minimum atomic E-state index is -0.0733. The first-order valence-corrected chi connectivity index (χ1v) is 8.90. The lowest BCUT2D eigenvalue weighted by Gasteiger charge is -2.33. The molecule has 7 heteroatoms. The summed E-state index contributed by atoms with van der Waals surface area (Å²) >= 11 is 0. The Hall–Kier alpha value is -2.18. The van der Waals surface area contributed by atoms with Crippen molar-refractivity contribution in [2.45, 2.75) is 58.9 Å². The number of carbonyl (C=O) groups is 1. The smallest absolute Gasteiger partial charge is 0.272 e. The Morgan fingerprint density at radius 1 is 1.24 bits per heavy atom. The second kappa shape index (κ2) is 6.28. The molecule has 1 atom stereocenters. The Morgan fingerprint density at radius 2 is 1.96 bits per heavy atom. The summed E-state index contributed by atoms with van der Waals surface area (Å²) in [5.74, 6) is 1.74. The molecule has 0 saturated carbocycles. The highest BCUT2D eigenvalue weighted by Gasteiger charge is 2.30. The van der Waals surface area contributed by atoms with Gasteiger partial charge in [0, 0.05) is 25.6 Å². The largest absolute Gasteiger partial charge is 0.335 e. The fourth-order valence-corrected chi connectivity index (χ4v) is 3.42. The van der Waals surface area contributed by atoms with E-state index >= 15 is 0 Å². The molecule has 0 aromatic carbocycles. The topological polar surface area (TPSA) is 68.8 Å². The maximum atomic E-state index is 13.0. The predicted molar refractivity (Wildman–Crippen MR) is 95.6 cm³/mol. The van der Waals surface area contributed by atoms with Gasteiger partial charge in [-0.2, -0.15) is 10.2 Å². The Balaban J connectivity index is 1.81. The third-order valence-electron chi connectivity index (χ3n) is 4.80. The molecule has 0 radical (unpaired) electrons. The van der Waals surface area contributed by atoms with Crippen LogP contribution >= 0.6 is 0 Å². The van der Waals surface area contributed by atoms with Crippen molar-refractivity contribution in [2.24, 2.45) is 7.05 Å². The second-order valence-electron chi connectivity index (χ2n) is 7.99. The average molecular weight is 344 g/mol. The molecule has 25 heavy (non-hydrogen) atoms. The molecule has 1 amide bonds. The molecule has 1 aliphatic heterocycles. The van der Waals surface area contributed by atoms with Gasteiger partial charge in [0.2, 0.25) is 0 Å². The van der Waals surface area contributed by atoms with Crippen molar-refractivity contribution in [3.8, 4) is 0 Å². The van der Waals surface area contributed by atoms with E-state index in [1.165, 1.54) is 0 Å². The zero-order valence-corrected chi connectivity index (χ0v) is 16.1. The Kier molecular flexibility index (Phi) is 4.43. The minimum absolute atomic E-state index is 0.0460. The van der Waals surface area contributed by atoms with Crippen molar-refractivity contribution in [3.05, 3.63) is 29.1 Å². The second-order valence-corrected chi connectivity index (χ2v) is 7.99. The highest BCUT2D eigenvalue weighted by Crippen LogP contribution is 2.25. The predicted octanol–water partition coefficient (Wildman–Crippen LogP) is 2.40. The number of aromatic nitrogens is 5. The Bertz CT molecular complexity index is 782. The maximum Gasteiger partial charge on any atom is 0.272 e. The normalized spacial score (nSPS) is 18.6. The number of amides is 1. The molecule has 0 aliphatic carbocycles. The number of piperidine rings is 1.